The van der Waals surface area contributed by atoms with Crippen molar-refractivity contribution in [3.8, 4) is 0 Å². The third-order valence-corrected chi connectivity index (χ3v) is 4.06. The van der Waals surface area contributed by atoms with Crippen LogP contribution in [-0.4, -0.2) is 36.5 Å². The number of benzene rings is 1. The maximum atomic E-state index is 10.6. The molecule has 0 aromatic heterocycles. The Bertz CT molecular complexity index is 431. The monoisotopic (exact) mass is 313 g/mol. The molecule has 1 N–H and O–H groups in total. The molecule has 0 bridgehead atoms. The highest BCUT2D eigenvalue weighted by Crippen LogP contribution is 2.22. The second-order valence-corrected chi connectivity index (χ2v) is 5.54. The predicted molar refractivity (Wildman–Crippen MR) is 86.9 cm³/mol. The highest BCUT2D eigenvalue weighted by Gasteiger charge is 2.18. The fourth-order valence-corrected chi connectivity index (χ4v) is 2.76. The molecule has 118 valence electrons. The summed E-state index contributed by atoms with van der Waals surface area (Å²) < 4.78 is 0. The average molecular weight is 314 g/mol. The summed E-state index contributed by atoms with van der Waals surface area (Å²) in [4.78, 5) is 12.7. The minimum Gasteiger partial charge on any atom is -0.320 e. The van der Waals surface area contributed by atoms with Gasteiger partial charge in [0.2, 0.25) is 0 Å². The summed E-state index contributed by atoms with van der Waals surface area (Å²) in [7, 11) is 2.00. The Morgan fingerprint density at radius 2 is 1.90 bits per heavy atom. The summed E-state index contributed by atoms with van der Waals surface area (Å²) in [6, 6.07) is 6.92. The molecule has 1 saturated heterocycles. The number of nitrogens with one attached hydrogen (secondary N) is 1. The third kappa shape index (κ3) is 5.61. The average Bonchev–Trinajstić information content (AvgIpc) is 2.47. The number of hydrogen-bond donors (Lipinski definition) is 1. The first-order valence-electron chi connectivity index (χ1n) is 7.29. The number of nitro benzene ring substituents is 1. The van der Waals surface area contributed by atoms with Crippen molar-refractivity contribution in [2.45, 2.75) is 25.8 Å². The highest BCUT2D eigenvalue weighted by molar-refractivity contribution is 5.85. The first-order chi connectivity index (χ1) is 9.69. The number of hydrogen-bond acceptors (Lipinski definition) is 4. The zero-order valence-corrected chi connectivity index (χ0v) is 13.3. The number of rotatable bonds is 6. The number of non-ortho nitro benzene ring substituents is 1. The second-order valence-electron chi connectivity index (χ2n) is 5.54. The molecule has 21 heavy (non-hydrogen) atoms. The zero-order valence-electron chi connectivity index (χ0n) is 12.5. The van der Waals surface area contributed by atoms with Crippen molar-refractivity contribution in [2.75, 3.05) is 26.7 Å². The van der Waals surface area contributed by atoms with Gasteiger partial charge in [0, 0.05) is 18.7 Å². The molecule has 6 heteroatoms. The lowest BCUT2D eigenvalue weighted by Crippen LogP contribution is -2.34. The standard InChI is InChI=1S/C15H23N3O2.ClH/c1-16-9-6-13-7-10-17(11-8-13)12-14-2-4-15(5-3-14)18(19)20;/h2-5,13,16H,6-12H2,1H3;1H. The summed E-state index contributed by atoms with van der Waals surface area (Å²) in [5.41, 5.74) is 1.32. The number of nitro groups is 1. The lowest BCUT2D eigenvalue weighted by molar-refractivity contribution is -0.384. The van der Waals surface area contributed by atoms with Crippen LogP contribution in [0.1, 0.15) is 24.8 Å². The van der Waals surface area contributed by atoms with E-state index in [1.807, 2.05) is 19.2 Å². The van der Waals surface area contributed by atoms with Crippen LogP contribution in [0, 0.1) is 16.0 Å². The van der Waals surface area contributed by atoms with E-state index in [2.05, 4.69) is 10.2 Å². The lowest BCUT2D eigenvalue weighted by Gasteiger charge is -2.32. The molecular weight excluding hydrogens is 290 g/mol. The van der Waals surface area contributed by atoms with E-state index in [0.29, 0.717) is 0 Å². The summed E-state index contributed by atoms with van der Waals surface area (Å²) in [6.07, 6.45) is 3.78. The zero-order chi connectivity index (χ0) is 14.4. The molecule has 1 aliphatic rings. The fraction of sp³-hybridized carbons (Fsp3) is 0.600. The molecule has 2 rings (SSSR count). The number of piperidine rings is 1. The molecule has 1 aromatic rings. The second kappa shape index (κ2) is 8.97. The van der Waals surface area contributed by atoms with Crippen LogP contribution in [0.4, 0.5) is 5.69 Å². The first kappa shape index (κ1) is 17.9. The predicted octanol–water partition coefficient (Wildman–Crippen LogP) is 2.84. The molecule has 5 nitrogen and oxygen atoms in total. The summed E-state index contributed by atoms with van der Waals surface area (Å²) >= 11 is 0. The molecule has 0 aliphatic carbocycles. The van der Waals surface area contributed by atoms with Crippen LogP contribution in [-0.2, 0) is 6.54 Å². The van der Waals surface area contributed by atoms with E-state index < -0.39 is 0 Å². The molecule has 0 saturated carbocycles. The van der Waals surface area contributed by atoms with E-state index in [0.717, 1.165) is 37.7 Å². The van der Waals surface area contributed by atoms with Crippen LogP contribution in [0.25, 0.3) is 0 Å². The van der Waals surface area contributed by atoms with Gasteiger partial charge >= 0.3 is 0 Å². The Morgan fingerprint density at radius 1 is 1.29 bits per heavy atom. The third-order valence-electron chi connectivity index (χ3n) is 4.06. The van der Waals surface area contributed by atoms with Crippen LogP contribution in [0.5, 0.6) is 0 Å². The lowest BCUT2D eigenvalue weighted by atomic mass is 9.93. The number of likely N-dealkylation sites (tertiary alicyclic amines) is 1. The van der Waals surface area contributed by atoms with Gasteiger partial charge in [-0.25, -0.2) is 0 Å². The molecule has 0 atom stereocenters. The topological polar surface area (TPSA) is 58.4 Å². The molecule has 1 aliphatic heterocycles. The van der Waals surface area contributed by atoms with Crippen LogP contribution >= 0.6 is 12.4 Å². The van der Waals surface area contributed by atoms with E-state index in [9.17, 15) is 10.1 Å². The van der Waals surface area contributed by atoms with Crippen molar-refractivity contribution in [1.29, 1.82) is 0 Å². The van der Waals surface area contributed by atoms with Crippen molar-refractivity contribution in [3.63, 3.8) is 0 Å². The molecule has 1 aromatic carbocycles. The van der Waals surface area contributed by atoms with Gasteiger partial charge in [-0.3, -0.25) is 15.0 Å². The van der Waals surface area contributed by atoms with E-state index in [1.54, 1.807) is 12.1 Å². The van der Waals surface area contributed by atoms with Crippen LogP contribution < -0.4 is 5.32 Å². The maximum absolute atomic E-state index is 10.6. The quantitative estimate of drug-likeness (QED) is 0.648. The Morgan fingerprint density at radius 3 is 2.43 bits per heavy atom. The SMILES string of the molecule is CNCCC1CCN(Cc2ccc([N+](=O)[O-])cc2)CC1.Cl. The van der Waals surface area contributed by atoms with Gasteiger partial charge in [-0.05, 0) is 57.4 Å². The highest BCUT2D eigenvalue weighted by atomic mass is 35.5. The molecule has 0 radical (unpaired) electrons. The van der Waals surface area contributed by atoms with Crippen molar-refractivity contribution in [3.05, 3.63) is 39.9 Å². The van der Waals surface area contributed by atoms with E-state index in [1.165, 1.54) is 19.3 Å². The summed E-state index contributed by atoms with van der Waals surface area (Å²) in [6.45, 7) is 4.26. The van der Waals surface area contributed by atoms with Gasteiger partial charge in [-0.1, -0.05) is 12.1 Å². The Labute approximate surface area is 132 Å². The van der Waals surface area contributed by atoms with Crippen LogP contribution in [0.3, 0.4) is 0 Å². The summed E-state index contributed by atoms with van der Waals surface area (Å²) in [5, 5.41) is 13.8. The number of nitrogens with zero attached hydrogens (tertiary/aromatic N) is 2. The van der Waals surface area contributed by atoms with Crippen LogP contribution in [0.2, 0.25) is 0 Å². The first-order valence-corrected chi connectivity index (χ1v) is 7.29. The van der Waals surface area contributed by atoms with Gasteiger partial charge < -0.3 is 5.32 Å². The van der Waals surface area contributed by atoms with Gasteiger partial charge in [0.1, 0.15) is 0 Å². The van der Waals surface area contributed by atoms with Crippen molar-refractivity contribution < 1.29 is 4.92 Å². The van der Waals surface area contributed by atoms with Gasteiger partial charge in [0.05, 0.1) is 4.92 Å². The molecular formula is C15H24ClN3O2. The van der Waals surface area contributed by atoms with Gasteiger partial charge in [-0.2, -0.15) is 0 Å². The van der Waals surface area contributed by atoms with Crippen LogP contribution in [0.15, 0.2) is 24.3 Å². The molecule has 1 fully saturated rings. The van der Waals surface area contributed by atoms with Crippen molar-refractivity contribution in [2.24, 2.45) is 5.92 Å². The minimum atomic E-state index is -0.350. The minimum absolute atomic E-state index is 0. The van der Waals surface area contributed by atoms with E-state index in [4.69, 9.17) is 0 Å². The Balaban J connectivity index is 0.00000220. The fourth-order valence-electron chi connectivity index (χ4n) is 2.76. The molecule has 0 unspecified atom stereocenters. The largest absolute Gasteiger partial charge is 0.320 e. The van der Waals surface area contributed by atoms with Gasteiger partial charge in [-0.15, -0.1) is 12.4 Å². The normalized spacial score (nSPS) is 16.4. The smallest absolute Gasteiger partial charge is 0.269 e. The molecule has 0 spiro atoms. The van der Waals surface area contributed by atoms with Crippen molar-refractivity contribution >= 4 is 18.1 Å². The maximum Gasteiger partial charge on any atom is 0.269 e. The summed E-state index contributed by atoms with van der Waals surface area (Å²) in [5.74, 6) is 0.843. The van der Waals surface area contributed by atoms with Gasteiger partial charge in [0.25, 0.3) is 5.69 Å². The Kier molecular flexibility index (Phi) is 7.64. The molecule has 1 heterocycles. The van der Waals surface area contributed by atoms with E-state index >= 15 is 0 Å². The Hall–Kier alpha value is -1.17. The van der Waals surface area contributed by atoms with Crippen molar-refractivity contribution in [1.82, 2.24) is 10.2 Å². The molecule has 0 amide bonds. The van der Waals surface area contributed by atoms with Gasteiger partial charge in [0.15, 0.2) is 0 Å². The number of halogens is 1. The van der Waals surface area contributed by atoms with E-state index in [-0.39, 0.29) is 23.0 Å².